The molecule has 0 bridgehead atoms. The van der Waals surface area contributed by atoms with Gasteiger partial charge in [-0.3, -0.25) is 24.0 Å². The largest absolute Gasteiger partial charge is 1.00 e. The molecule has 51 heavy (non-hydrogen) atoms. The number of oxime groups is 1. The van der Waals surface area contributed by atoms with Crippen LogP contribution in [0.5, 0.6) is 0 Å². The zero-order chi connectivity index (χ0) is 35.8. The van der Waals surface area contributed by atoms with Crippen LogP contribution in [0.2, 0.25) is 0 Å². The number of aliphatic carboxylic acids is 2. The zero-order valence-corrected chi connectivity index (χ0v) is 30.6. The first-order chi connectivity index (χ1) is 23.1. The number of carbonyl (C=O) groups is 6. The van der Waals surface area contributed by atoms with Gasteiger partial charge in [0.25, 0.3) is 11.8 Å². The Labute approximate surface area is 313 Å². The Morgan fingerprint density at radius 1 is 1.29 bits per heavy atom. The number of carbonyl (C=O) groups excluding carboxylic acids is 5. The zero-order valence-electron chi connectivity index (χ0n) is 26.9. The minimum atomic E-state index is -3.84. The average Bonchev–Trinajstić information content (AvgIpc) is 3.78. The summed E-state index contributed by atoms with van der Waals surface area (Å²) in [6.45, 7) is 0.755. The van der Waals surface area contributed by atoms with E-state index in [4.69, 9.17) is 10.2 Å². The number of aromatic nitrogens is 3. The summed E-state index contributed by atoms with van der Waals surface area (Å²) in [5.74, 6) is -4.45. The van der Waals surface area contributed by atoms with Crippen molar-refractivity contribution in [3.63, 3.8) is 0 Å². The Morgan fingerprint density at radius 2 is 2.00 bits per heavy atom. The number of hydrogen-bond acceptors (Lipinski definition) is 16. The van der Waals surface area contributed by atoms with Crippen molar-refractivity contribution in [3.8, 4) is 0 Å². The van der Waals surface area contributed by atoms with Crippen LogP contribution in [0.3, 0.4) is 0 Å². The van der Waals surface area contributed by atoms with Crippen LogP contribution in [0.1, 0.15) is 19.1 Å². The number of amides is 4. The van der Waals surface area contributed by atoms with E-state index in [9.17, 15) is 47.4 Å². The van der Waals surface area contributed by atoms with Gasteiger partial charge in [-0.05, 0) is 19.1 Å². The third kappa shape index (κ3) is 7.32. The summed E-state index contributed by atoms with van der Waals surface area (Å²) in [7, 11) is -2.58. The third-order valence-corrected chi connectivity index (χ3v) is 12.2. The molecule has 2 aromatic heterocycles. The monoisotopic (exact) mass is 764 g/mol. The number of nitrogens with one attached hydrogen (secondary N) is 1. The van der Waals surface area contributed by atoms with Crippen molar-refractivity contribution in [1.29, 1.82) is 0 Å². The van der Waals surface area contributed by atoms with E-state index in [1.807, 2.05) is 0 Å². The number of nitrogens with two attached hydrogens (primary N) is 1. The molecular weight excluding hydrogens is 735 g/mol. The fourth-order valence-corrected chi connectivity index (χ4v) is 9.46. The van der Waals surface area contributed by atoms with Crippen LogP contribution < -0.4 is 45.7 Å². The number of β-lactam (4-membered cyclic amide) rings is 2. The molecule has 0 radical (unpaired) electrons. The molecule has 6 N–H and O–H groups in total. The van der Waals surface area contributed by atoms with Gasteiger partial charge in [0.1, 0.15) is 41.0 Å². The number of sulfone groups is 1. The molecular formula is C26H29N8NaO14S2. The van der Waals surface area contributed by atoms with Crippen molar-refractivity contribution < 1.29 is 96.4 Å². The SMILES string of the molecule is CO/N=C(\C(=O)N[C@@H]1C(=O)N2C(C(=O)O)=C(COC(N)=O)CS[C@H]12)c1ccco1.C[C@]1(Cn2ccnn2)[C@H](C(=O)[O-])N2C(=O)C[C@H]2S1(=O)=O.O.[Na+]. The fourth-order valence-electron chi connectivity index (χ4n) is 5.77. The van der Waals surface area contributed by atoms with E-state index in [-0.39, 0.29) is 83.1 Å². The Morgan fingerprint density at radius 3 is 2.53 bits per heavy atom. The molecule has 0 spiro atoms. The number of carboxylic acid groups (broad SMARTS) is 2. The van der Waals surface area contributed by atoms with Crippen molar-refractivity contribution in [2.45, 2.75) is 47.5 Å². The van der Waals surface area contributed by atoms with E-state index in [2.05, 4.69) is 30.4 Å². The second-order valence-corrected chi connectivity index (χ2v) is 14.6. The number of ether oxygens (including phenoxy) is 1. The molecule has 6 heterocycles. The smallest absolute Gasteiger partial charge is 0.548 e. The van der Waals surface area contributed by atoms with E-state index >= 15 is 0 Å². The number of nitrogens with zero attached hydrogens (tertiary/aromatic N) is 6. The van der Waals surface area contributed by atoms with Crippen LogP contribution in [-0.4, -0.2) is 132 Å². The molecule has 6 rings (SSSR count). The second kappa shape index (κ2) is 15.8. The predicted octanol–water partition coefficient (Wildman–Crippen LogP) is -7.21. The molecule has 2 aromatic rings. The molecule has 4 aliphatic heterocycles. The summed E-state index contributed by atoms with van der Waals surface area (Å²) >= 11 is 1.21. The first kappa shape index (κ1) is 40.9. The van der Waals surface area contributed by atoms with Crippen molar-refractivity contribution in [1.82, 2.24) is 30.1 Å². The quantitative estimate of drug-likeness (QED) is 0.0876. The topological polar surface area (TPSA) is 331 Å². The summed E-state index contributed by atoms with van der Waals surface area (Å²) in [4.78, 5) is 77.1. The summed E-state index contributed by atoms with van der Waals surface area (Å²) in [6, 6.07) is 0.568. The first-order valence-corrected chi connectivity index (χ1v) is 16.6. The van der Waals surface area contributed by atoms with Gasteiger partial charge in [0, 0.05) is 17.5 Å². The van der Waals surface area contributed by atoms with E-state index in [1.165, 1.54) is 55.2 Å². The number of carboxylic acids is 2. The van der Waals surface area contributed by atoms with Crippen molar-refractivity contribution in [3.05, 3.63) is 47.8 Å². The number of thioether (sulfide) groups is 1. The standard InChI is InChI=1S/C16H16N4O8S.C10H12N4O5S.Na.H2O/c1-26-19-9(8-3-2-4-27-8)12(21)18-10-13(22)20-11(15(23)24)7(5-28-16(17)25)6-29-14(10)20;1-10(5-13-3-2-11-12-13)8(9(16)17)14-6(15)4-7(14)20(10,18)19;;/h2-4,10,14H,5-6H2,1H3,(H2,17,25)(H,18,21)(H,23,24);2-3,7-8H,4-5H2,1H3,(H,16,17);;1H2/q;;+1;/p-1/b19-9-;;;/t10-,14-;7-,8+,10+;;/m11../s1. The minimum absolute atomic E-state index is 0. The average molecular weight is 765 g/mol. The number of furan rings is 1. The van der Waals surface area contributed by atoms with Gasteiger partial charge in [-0.15, -0.1) is 16.9 Å². The van der Waals surface area contributed by atoms with Gasteiger partial charge in [0.15, 0.2) is 15.6 Å². The number of fused-ring (bicyclic) bond motifs is 2. The maximum absolute atomic E-state index is 12.6. The molecule has 25 heteroatoms. The molecule has 3 saturated heterocycles. The van der Waals surface area contributed by atoms with Crippen LogP contribution in [0.15, 0.2) is 51.6 Å². The van der Waals surface area contributed by atoms with Gasteiger partial charge in [0.2, 0.25) is 11.6 Å². The van der Waals surface area contributed by atoms with Gasteiger partial charge in [-0.1, -0.05) is 10.4 Å². The normalized spacial score (nSPS) is 25.6. The third-order valence-electron chi connectivity index (χ3n) is 8.06. The Hall–Kier alpha value is -4.49. The Kier molecular flexibility index (Phi) is 12.7. The summed E-state index contributed by atoms with van der Waals surface area (Å²) in [5, 5.41) is 32.5. The summed E-state index contributed by atoms with van der Waals surface area (Å²) < 4.78 is 34.4. The van der Waals surface area contributed by atoms with Gasteiger partial charge < -0.3 is 50.4 Å². The maximum Gasteiger partial charge on any atom is 1.00 e. The van der Waals surface area contributed by atoms with E-state index in [1.54, 1.807) is 6.07 Å². The second-order valence-electron chi connectivity index (χ2n) is 11.0. The summed E-state index contributed by atoms with van der Waals surface area (Å²) in [6.07, 6.45) is 2.90. The first-order valence-electron chi connectivity index (χ1n) is 14.0. The van der Waals surface area contributed by atoms with E-state index in [0.717, 1.165) is 9.80 Å². The molecule has 4 amide bonds. The van der Waals surface area contributed by atoms with E-state index < -0.39 is 73.2 Å². The van der Waals surface area contributed by atoms with Crippen LogP contribution in [0.25, 0.3) is 0 Å². The van der Waals surface area contributed by atoms with Gasteiger partial charge in [-0.2, -0.15) is 0 Å². The fraction of sp³-hybridized carbons (Fsp3) is 0.423. The van der Waals surface area contributed by atoms with Crippen LogP contribution in [0.4, 0.5) is 4.79 Å². The van der Waals surface area contributed by atoms with Gasteiger partial charge in [0.05, 0.1) is 37.4 Å². The molecule has 0 aliphatic carbocycles. The maximum atomic E-state index is 12.6. The van der Waals surface area contributed by atoms with Crippen molar-refractivity contribution in [2.24, 2.45) is 10.9 Å². The molecule has 0 saturated carbocycles. The molecule has 4 aliphatic rings. The van der Waals surface area contributed by atoms with Crippen molar-refractivity contribution >= 4 is 63.1 Å². The molecule has 270 valence electrons. The predicted molar refractivity (Wildman–Crippen MR) is 162 cm³/mol. The van der Waals surface area contributed by atoms with Gasteiger partial charge >= 0.3 is 41.6 Å². The van der Waals surface area contributed by atoms with Crippen LogP contribution in [0, 0.1) is 0 Å². The van der Waals surface area contributed by atoms with Crippen LogP contribution in [-0.2, 0) is 49.9 Å². The molecule has 22 nitrogen and oxygen atoms in total. The number of rotatable bonds is 10. The summed E-state index contributed by atoms with van der Waals surface area (Å²) in [5.41, 5.74) is 4.68. The minimum Gasteiger partial charge on any atom is -0.548 e. The Bertz CT molecular complexity index is 1870. The number of primary amides is 1. The molecule has 3 fully saturated rings. The van der Waals surface area contributed by atoms with E-state index in [0.29, 0.717) is 0 Å². The Balaban J connectivity index is 0.000000281. The molecule has 5 atom stereocenters. The number of hydrogen-bond donors (Lipinski definition) is 3. The van der Waals surface area contributed by atoms with Gasteiger partial charge in [-0.25, -0.2) is 18.0 Å². The van der Waals surface area contributed by atoms with Crippen LogP contribution >= 0.6 is 11.8 Å². The molecule has 0 aromatic carbocycles. The molecule has 0 unspecified atom stereocenters. The van der Waals surface area contributed by atoms with Crippen molar-refractivity contribution in [2.75, 3.05) is 19.5 Å².